The van der Waals surface area contributed by atoms with E-state index in [0.717, 1.165) is 11.6 Å². The Morgan fingerprint density at radius 1 is 1.21 bits per heavy atom. The fourth-order valence-corrected chi connectivity index (χ4v) is 2.74. The fraction of sp³-hybridized carbons (Fsp3) is 0.333. The van der Waals surface area contributed by atoms with E-state index in [9.17, 15) is 0 Å². The summed E-state index contributed by atoms with van der Waals surface area (Å²) in [6, 6.07) is 1.68. The molecule has 0 atom stereocenters. The number of halogens is 2. The summed E-state index contributed by atoms with van der Waals surface area (Å²) in [7, 11) is 0. The largest absolute Gasteiger partial charge is 0.369 e. The first-order valence-corrected chi connectivity index (χ1v) is 7.42. The Hall–Kier alpha value is -1.04. The molecule has 0 saturated carbocycles. The molecule has 4 nitrogen and oxygen atoms in total. The molecule has 0 radical (unpaired) electrons. The summed E-state index contributed by atoms with van der Waals surface area (Å²) in [4.78, 5) is 9.84. The van der Waals surface area contributed by atoms with Crippen LogP contribution >= 0.6 is 34.5 Å². The molecule has 2 rings (SSSR count). The lowest BCUT2D eigenvalue weighted by Gasteiger charge is -2.10. The molecule has 0 saturated heterocycles. The lowest BCUT2D eigenvalue weighted by molar-refractivity contribution is 1.07. The van der Waals surface area contributed by atoms with Crippen molar-refractivity contribution in [1.29, 1.82) is 0 Å². The van der Waals surface area contributed by atoms with Gasteiger partial charge in [0.15, 0.2) is 0 Å². The predicted molar refractivity (Wildman–Crippen MR) is 82.6 cm³/mol. The molecular formula is C12H14Cl2N4S. The summed E-state index contributed by atoms with van der Waals surface area (Å²) in [5, 5.41) is 8.28. The Bertz CT molecular complexity index is 571. The summed E-state index contributed by atoms with van der Waals surface area (Å²) >= 11 is 13.8. The van der Waals surface area contributed by atoms with Gasteiger partial charge in [0.2, 0.25) is 0 Å². The Labute approximate surface area is 126 Å². The van der Waals surface area contributed by atoms with E-state index >= 15 is 0 Å². The van der Waals surface area contributed by atoms with Crippen molar-refractivity contribution in [3.8, 4) is 0 Å². The van der Waals surface area contributed by atoms with Gasteiger partial charge in [-0.1, -0.05) is 23.2 Å². The molecule has 0 aliphatic rings. The zero-order valence-corrected chi connectivity index (χ0v) is 13.0. The summed E-state index contributed by atoms with van der Waals surface area (Å²) in [5.74, 6) is 1.24. The minimum Gasteiger partial charge on any atom is -0.369 e. The number of nitrogens with one attached hydrogen (secondary N) is 2. The van der Waals surface area contributed by atoms with Crippen molar-refractivity contribution >= 4 is 46.2 Å². The molecule has 2 N–H and O–H groups in total. The van der Waals surface area contributed by atoms with Crippen LogP contribution in [0.2, 0.25) is 10.0 Å². The van der Waals surface area contributed by atoms with Gasteiger partial charge < -0.3 is 10.6 Å². The summed E-state index contributed by atoms with van der Waals surface area (Å²) < 4.78 is 0. The normalized spacial score (nSPS) is 10.5. The Balaban J connectivity index is 2.13. The van der Waals surface area contributed by atoms with Crippen LogP contribution in [-0.2, 0) is 6.54 Å². The topological polar surface area (TPSA) is 49.8 Å². The first kappa shape index (κ1) is 14.4. The monoisotopic (exact) mass is 316 g/mol. The number of thiazole rings is 1. The van der Waals surface area contributed by atoms with Crippen molar-refractivity contribution in [3.05, 3.63) is 32.2 Å². The van der Waals surface area contributed by atoms with Crippen molar-refractivity contribution < 1.29 is 0 Å². The number of aromatic nitrogens is 2. The molecule has 0 aliphatic heterocycles. The quantitative estimate of drug-likeness (QED) is 0.868. The molecule has 102 valence electrons. The van der Waals surface area contributed by atoms with E-state index in [0.29, 0.717) is 28.2 Å². The van der Waals surface area contributed by atoms with Crippen LogP contribution in [0.5, 0.6) is 0 Å². The molecule has 7 heteroatoms. The second kappa shape index (κ2) is 6.41. The molecule has 0 aliphatic carbocycles. The Morgan fingerprint density at radius 3 is 2.47 bits per heavy atom. The molecule has 0 bridgehead atoms. The van der Waals surface area contributed by atoms with Crippen LogP contribution in [-0.4, -0.2) is 16.5 Å². The van der Waals surface area contributed by atoms with Crippen LogP contribution in [0.4, 0.5) is 11.6 Å². The maximum Gasteiger partial charge on any atom is 0.147 e. The highest BCUT2D eigenvalue weighted by molar-refractivity contribution is 7.11. The average Bonchev–Trinajstić information content (AvgIpc) is 2.77. The van der Waals surface area contributed by atoms with E-state index in [-0.39, 0.29) is 0 Å². The van der Waals surface area contributed by atoms with E-state index < -0.39 is 0 Å². The smallest absolute Gasteiger partial charge is 0.147 e. The van der Waals surface area contributed by atoms with Crippen molar-refractivity contribution in [2.75, 3.05) is 17.2 Å². The predicted octanol–water partition coefficient (Wildman–Crippen LogP) is 4.20. The van der Waals surface area contributed by atoms with E-state index in [1.54, 1.807) is 17.4 Å². The van der Waals surface area contributed by atoms with Gasteiger partial charge in [-0.25, -0.2) is 9.97 Å². The number of aryl methyl sites for hydroxylation is 1. The third-order valence-electron chi connectivity index (χ3n) is 2.35. The second-order valence-corrected chi connectivity index (χ2v) is 6.03. The lowest BCUT2D eigenvalue weighted by Crippen LogP contribution is -2.05. The van der Waals surface area contributed by atoms with Gasteiger partial charge in [0.25, 0.3) is 0 Å². The van der Waals surface area contributed by atoms with Gasteiger partial charge in [-0.15, -0.1) is 11.3 Å². The highest BCUT2D eigenvalue weighted by Crippen LogP contribution is 2.29. The summed E-state index contributed by atoms with van der Waals surface area (Å²) in [6.45, 7) is 5.36. The highest BCUT2D eigenvalue weighted by Gasteiger charge is 2.09. The molecule has 0 amide bonds. The van der Waals surface area contributed by atoms with E-state index in [4.69, 9.17) is 23.2 Å². The minimum atomic E-state index is 0.500. The van der Waals surface area contributed by atoms with Gasteiger partial charge >= 0.3 is 0 Å². The molecular weight excluding hydrogens is 303 g/mol. The molecule has 19 heavy (non-hydrogen) atoms. The van der Waals surface area contributed by atoms with E-state index in [2.05, 4.69) is 20.6 Å². The van der Waals surface area contributed by atoms with Crippen LogP contribution in [0.25, 0.3) is 0 Å². The van der Waals surface area contributed by atoms with E-state index in [1.165, 1.54) is 4.88 Å². The zero-order valence-electron chi connectivity index (χ0n) is 10.6. The van der Waals surface area contributed by atoms with Crippen LogP contribution < -0.4 is 10.6 Å². The third-order valence-corrected chi connectivity index (χ3v) is 3.84. The van der Waals surface area contributed by atoms with Crippen LogP contribution in [0.3, 0.4) is 0 Å². The third kappa shape index (κ3) is 3.72. The van der Waals surface area contributed by atoms with Crippen LogP contribution in [0.15, 0.2) is 12.3 Å². The fourth-order valence-electron chi connectivity index (χ4n) is 1.52. The molecule has 0 fully saturated rings. The molecule has 2 aromatic rings. The van der Waals surface area contributed by atoms with Crippen molar-refractivity contribution in [2.45, 2.75) is 20.4 Å². The van der Waals surface area contributed by atoms with Gasteiger partial charge in [-0.3, -0.25) is 0 Å². The first-order valence-electron chi connectivity index (χ1n) is 5.85. The minimum absolute atomic E-state index is 0.500. The number of hydrogen-bond acceptors (Lipinski definition) is 5. The lowest BCUT2D eigenvalue weighted by atomic mass is 10.4. The van der Waals surface area contributed by atoms with Gasteiger partial charge in [-0.2, -0.15) is 0 Å². The van der Waals surface area contributed by atoms with Gasteiger partial charge in [0, 0.05) is 17.6 Å². The number of nitrogens with zero attached hydrogens (tertiary/aromatic N) is 2. The SMILES string of the molecule is CCNc1nc(NCc2ncc(C)s2)c(Cl)cc1Cl. The molecule has 0 aromatic carbocycles. The number of anilines is 2. The highest BCUT2D eigenvalue weighted by atomic mass is 35.5. The molecule has 2 aromatic heterocycles. The molecule has 0 spiro atoms. The second-order valence-electron chi connectivity index (χ2n) is 3.90. The van der Waals surface area contributed by atoms with Crippen LogP contribution in [0, 0.1) is 6.92 Å². The standard InChI is InChI=1S/C12H14Cl2N4S/c1-3-15-11-8(13)4-9(14)12(18-11)17-6-10-16-5-7(2)19-10/h4-5H,3,6H2,1-2H3,(H2,15,17,18). The number of hydrogen-bond donors (Lipinski definition) is 2. The Kier molecular flexibility index (Phi) is 4.85. The van der Waals surface area contributed by atoms with Crippen molar-refractivity contribution in [2.24, 2.45) is 0 Å². The maximum absolute atomic E-state index is 6.12. The number of rotatable bonds is 5. The Morgan fingerprint density at radius 2 is 1.89 bits per heavy atom. The van der Waals surface area contributed by atoms with Crippen LogP contribution in [0.1, 0.15) is 16.8 Å². The molecule has 0 unspecified atom stereocenters. The molecule has 2 heterocycles. The maximum atomic E-state index is 6.12. The summed E-state index contributed by atoms with van der Waals surface area (Å²) in [6.07, 6.45) is 1.85. The van der Waals surface area contributed by atoms with E-state index in [1.807, 2.05) is 20.0 Å². The van der Waals surface area contributed by atoms with Gasteiger partial charge in [-0.05, 0) is 19.9 Å². The first-order chi connectivity index (χ1) is 9.10. The van der Waals surface area contributed by atoms with Gasteiger partial charge in [0.1, 0.15) is 16.6 Å². The average molecular weight is 317 g/mol. The van der Waals surface area contributed by atoms with Gasteiger partial charge in [0.05, 0.1) is 16.6 Å². The zero-order chi connectivity index (χ0) is 13.8. The van der Waals surface area contributed by atoms with Crippen molar-refractivity contribution in [3.63, 3.8) is 0 Å². The summed E-state index contributed by atoms with van der Waals surface area (Å²) in [5.41, 5.74) is 0. The van der Waals surface area contributed by atoms with Crippen molar-refractivity contribution in [1.82, 2.24) is 9.97 Å². The number of pyridine rings is 1.